The lowest BCUT2D eigenvalue weighted by molar-refractivity contribution is -0.135. The molecule has 0 saturated carbocycles. The zero-order chi connectivity index (χ0) is 14.8. The third-order valence-corrected chi connectivity index (χ3v) is 3.88. The number of nitrogens with one attached hydrogen (secondary N) is 3. The van der Waals surface area contributed by atoms with Gasteiger partial charge in [0.25, 0.3) is 5.91 Å². The van der Waals surface area contributed by atoms with Crippen molar-refractivity contribution in [2.24, 2.45) is 0 Å². The minimum Gasteiger partial charge on any atom is -0.342 e. The Hall–Kier alpha value is -1.63. The molecule has 2 aliphatic heterocycles. The summed E-state index contributed by atoms with van der Waals surface area (Å²) >= 11 is 0. The highest BCUT2D eigenvalue weighted by Gasteiger charge is 2.48. The van der Waals surface area contributed by atoms with Crippen LogP contribution >= 0.6 is 0 Å². The minimum atomic E-state index is -0.802. The van der Waals surface area contributed by atoms with Gasteiger partial charge in [0.2, 0.25) is 5.91 Å². The summed E-state index contributed by atoms with van der Waals surface area (Å²) in [4.78, 5) is 36.8. The van der Waals surface area contributed by atoms with E-state index >= 15 is 0 Å². The number of hydrogen-bond acceptors (Lipinski definition) is 4. The van der Waals surface area contributed by atoms with Gasteiger partial charge in [-0.15, -0.1) is 0 Å². The molecule has 2 rings (SSSR count). The number of imide groups is 1. The maximum absolute atomic E-state index is 12.0. The summed E-state index contributed by atoms with van der Waals surface area (Å²) in [5.74, 6) is -0.172. The van der Waals surface area contributed by atoms with Crippen molar-refractivity contribution in [3.05, 3.63) is 0 Å². The molecular weight excluding hydrogens is 260 g/mol. The first-order valence-corrected chi connectivity index (χ1v) is 7.08. The number of piperidine rings is 1. The number of urea groups is 1. The number of amides is 4. The largest absolute Gasteiger partial charge is 0.342 e. The first kappa shape index (κ1) is 14.8. The molecule has 7 heteroatoms. The third-order valence-electron chi connectivity index (χ3n) is 3.88. The van der Waals surface area contributed by atoms with Crippen molar-refractivity contribution in [1.29, 1.82) is 0 Å². The van der Waals surface area contributed by atoms with Crippen molar-refractivity contribution in [1.82, 2.24) is 20.9 Å². The lowest BCUT2D eigenvalue weighted by Gasteiger charge is -2.37. The smallest absolute Gasteiger partial charge is 0.322 e. The maximum atomic E-state index is 12.0. The van der Waals surface area contributed by atoms with Crippen molar-refractivity contribution in [3.8, 4) is 0 Å². The normalized spacial score (nSPS) is 21.2. The van der Waals surface area contributed by atoms with E-state index in [1.807, 2.05) is 13.8 Å². The predicted molar refractivity (Wildman–Crippen MR) is 73.0 cm³/mol. The summed E-state index contributed by atoms with van der Waals surface area (Å²) in [5.41, 5.74) is -0.802. The second-order valence-corrected chi connectivity index (χ2v) is 5.73. The first-order valence-electron chi connectivity index (χ1n) is 7.08. The highest BCUT2D eigenvalue weighted by atomic mass is 16.2. The lowest BCUT2D eigenvalue weighted by atomic mass is 9.87. The van der Waals surface area contributed by atoms with Gasteiger partial charge in [0.05, 0.1) is 0 Å². The molecule has 4 amide bonds. The van der Waals surface area contributed by atoms with Gasteiger partial charge in [-0.05, 0) is 12.8 Å². The Kier molecular flexibility index (Phi) is 4.27. The number of carbonyl (C=O) groups is 3. The van der Waals surface area contributed by atoms with Crippen LogP contribution in [0.1, 0.15) is 33.1 Å². The Bertz CT molecular complexity index is 414. The average Bonchev–Trinajstić information content (AvgIpc) is 2.64. The standard InChI is InChI=1S/C13H22N4O3/c1-9(2)14-6-3-10(18)17-7-4-13(5-8-17)11(19)15-12(20)16-13/h9,14H,3-8H2,1-2H3,(H2,15,16,19,20). The molecule has 2 heterocycles. The van der Waals surface area contributed by atoms with Crippen molar-refractivity contribution >= 4 is 17.8 Å². The fourth-order valence-corrected chi connectivity index (χ4v) is 2.64. The van der Waals surface area contributed by atoms with E-state index in [0.29, 0.717) is 44.9 Å². The van der Waals surface area contributed by atoms with Crippen LogP contribution in [0.4, 0.5) is 4.79 Å². The highest BCUT2D eigenvalue weighted by molar-refractivity contribution is 6.07. The molecular formula is C13H22N4O3. The van der Waals surface area contributed by atoms with E-state index in [0.717, 1.165) is 0 Å². The first-order chi connectivity index (χ1) is 9.43. The van der Waals surface area contributed by atoms with Gasteiger partial charge in [-0.3, -0.25) is 14.9 Å². The molecule has 0 aromatic heterocycles. The van der Waals surface area contributed by atoms with E-state index in [-0.39, 0.29) is 11.8 Å². The van der Waals surface area contributed by atoms with Crippen LogP contribution in [0.3, 0.4) is 0 Å². The molecule has 0 aromatic rings. The summed E-state index contributed by atoms with van der Waals surface area (Å²) in [5, 5.41) is 8.16. The van der Waals surface area contributed by atoms with E-state index in [2.05, 4.69) is 16.0 Å². The molecule has 0 aliphatic carbocycles. The maximum Gasteiger partial charge on any atom is 0.322 e. The Balaban J connectivity index is 1.81. The van der Waals surface area contributed by atoms with Crippen LogP contribution in [0.15, 0.2) is 0 Å². The zero-order valence-electron chi connectivity index (χ0n) is 12.0. The average molecular weight is 282 g/mol. The molecule has 2 saturated heterocycles. The molecule has 7 nitrogen and oxygen atoms in total. The second kappa shape index (κ2) is 5.78. The molecule has 0 radical (unpaired) electrons. The highest BCUT2D eigenvalue weighted by Crippen LogP contribution is 2.25. The Morgan fingerprint density at radius 2 is 2.00 bits per heavy atom. The van der Waals surface area contributed by atoms with Crippen LogP contribution in [0.2, 0.25) is 0 Å². The van der Waals surface area contributed by atoms with Gasteiger partial charge in [0.15, 0.2) is 0 Å². The fourth-order valence-electron chi connectivity index (χ4n) is 2.64. The van der Waals surface area contributed by atoms with Gasteiger partial charge in [0.1, 0.15) is 5.54 Å². The SMILES string of the molecule is CC(C)NCCC(=O)N1CCC2(CC1)NC(=O)NC2=O. The fraction of sp³-hybridized carbons (Fsp3) is 0.769. The van der Waals surface area contributed by atoms with E-state index < -0.39 is 11.6 Å². The molecule has 20 heavy (non-hydrogen) atoms. The summed E-state index contributed by atoms with van der Waals surface area (Å²) in [6.45, 7) is 5.75. The van der Waals surface area contributed by atoms with Crippen LogP contribution in [-0.2, 0) is 9.59 Å². The second-order valence-electron chi connectivity index (χ2n) is 5.73. The zero-order valence-corrected chi connectivity index (χ0v) is 12.0. The Morgan fingerprint density at radius 1 is 1.35 bits per heavy atom. The molecule has 2 aliphatic rings. The van der Waals surface area contributed by atoms with Gasteiger partial charge in [-0.2, -0.15) is 0 Å². The van der Waals surface area contributed by atoms with Gasteiger partial charge >= 0.3 is 6.03 Å². The molecule has 112 valence electrons. The van der Waals surface area contributed by atoms with Crippen LogP contribution in [0.25, 0.3) is 0 Å². The van der Waals surface area contributed by atoms with Crippen molar-refractivity contribution < 1.29 is 14.4 Å². The Morgan fingerprint density at radius 3 is 2.50 bits per heavy atom. The Labute approximate surface area is 118 Å². The van der Waals surface area contributed by atoms with Crippen molar-refractivity contribution in [3.63, 3.8) is 0 Å². The predicted octanol–water partition coefficient (Wildman–Crippen LogP) is -0.425. The number of nitrogens with zero attached hydrogens (tertiary/aromatic N) is 1. The van der Waals surface area contributed by atoms with E-state index in [1.54, 1.807) is 4.90 Å². The van der Waals surface area contributed by atoms with E-state index in [1.165, 1.54) is 0 Å². The molecule has 0 aromatic carbocycles. The minimum absolute atomic E-state index is 0.0951. The van der Waals surface area contributed by atoms with E-state index in [4.69, 9.17) is 0 Å². The molecule has 0 unspecified atom stereocenters. The van der Waals surface area contributed by atoms with Crippen molar-refractivity contribution in [2.45, 2.75) is 44.7 Å². The number of rotatable bonds is 4. The summed E-state index contributed by atoms with van der Waals surface area (Å²) in [6.07, 6.45) is 1.42. The van der Waals surface area contributed by atoms with E-state index in [9.17, 15) is 14.4 Å². The summed E-state index contributed by atoms with van der Waals surface area (Å²) < 4.78 is 0. The summed E-state index contributed by atoms with van der Waals surface area (Å²) in [6, 6.07) is -0.0688. The van der Waals surface area contributed by atoms with Crippen molar-refractivity contribution in [2.75, 3.05) is 19.6 Å². The number of hydrogen-bond donors (Lipinski definition) is 3. The molecule has 2 fully saturated rings. The summed E-state index contributed by atoms with van der Waals surface area (Å²) in [7, 11) is 0. The van der Waals surface area contributed by atoms with Gasteiger partial charge in [-0.25, -0.2) is 4.79 Å². The topological polar surface area (TPSA) is 90.5 Å². The molecule has 1 spiro atoms. The van der Waals surface area contributed by atoms with Crippen LogP contribution in [-0.4, -0.2) is 54.0 Å². The van der Waals surface area contributed by atoms with Gasteiger partial charge in [0, 0.05) is 32.1 Å². The third kappa shape index (κ3) is 3.09. The van der Waals surface area contributed by atoms with Crippen LogP contribution < -0.4 is 16.0 Å². The molecule has 0 atom stereocenters. The van der Waals surface area contributed by atoms with Crippen LogP contribution in [0.5, 0.6) is 0 Å². The molecule has 0 bridgehead atoms. The lowest BCUT2D eigenvalue weighted by Crippen LogP contribution is -2.55. The van der Waals surface area contributed by atoms with Gasteiger partial charge in [-0.1, -0.05) is 13.8 Å². The number of likely N-dealkylation sites (tertiary alicyclic amines) is 1. The molecule has 3 N–H and O–H groups in total. The van der Waals surface area contributed by atoms with Crippen LogP contribution in [0, 0.1) is 0 Å². The number of carbonyl (C=O) groups excluding carboxylic acids is 3. The van der Waals surface area contributed by atoms with Gasteiger partial charge < -0.3 is 15.5 Å². The monoisotopic (exact) mass is 282 g/mol. The quantitative estimate of drug-likeness (QED) is 0.611.